The van der Waals surface area contributed by atoms with E-state index >= 15 is 0 Å². The van der Waals surface area contributed by atoms with Gasteiger partial charge in [0.15, 0.2) is 0 Å². The number of nitrogens with one attached hydrogen (secondary N) is 2. The highest BCUT2D eigenvalue weighted by Crippen LogP contribution is 2.26. The second-order valence-corrected chi connectivity index (χ2v) is 5.74. The number of aryl methyl sites for hydroxylation is 1. The van der Waals surface area contributed by atoms with E-state index in [0.29, 0.717) is 18.7 Å². The summed E-state index contributed by atoms with van der Waals surface area (Å²) in [5.74, 6) is 0.136. The maximum Gasteiger partial charge on any atom is 0.255 e. The Morgan fingerprint density at radius 1 is 1.65 bits per heavy atom. The lowest BCUT2D eigenvalue weighted by Crippen LogP contribution is -2.24. The van der Waals surface area contributed by atoms with Crippen molar-refractivity contribution in [3.05, 3.63) is 33.5 Å². The highest BCUT2D eigenvalue weighted by atomic mass is 32.1. The fourth-order valence-corrected chi connectivity index (χ4v) is 3.02. The number of rotatable bonds is 4. The van der Waals surface area contributed by atoms with Gasteiger partial charge in [0.25, 0.3) is 5.91 Å². The predicted molar refractivity (Wildman–Crippen MR) is 74.8 cm³/mol. The molecule has 1 aliphatic heterocycles. The van der Waals surface area contributed by atoms with Gasteiger partial charge in [-0.3, -0.25) is 9.89 Å². The molecule has 7 heteroatoms. The molecule has 1 atom stereocenters. The van der Waals surface area contributed by atoms with Crippen molar-refractivity contribution in [2.24, 2.45) is 0 Å². The SMILES string of the molecule is Cc1ncsc1CNC(=O)c1cn[nH]c1[C@H]1CCOC1. The molecular weight excluding hydrogens is 276 g/mol. The number of hydrogen-bond acceptors (Lipinski definition) is 5. The van der Waals surface area contributed by atoms with Crippen molar-refractivity contribution in [3.8, 4) is 0 Å². The number of carbonyl (C=O) groups excluding carboxylic acids is 1. The molecule has 1 aliphatic rings. The highest BCUT2D eigenvalue weighted by molar-refractivity contribution is 7.09. The Kier molecular flexibility index (Phi) is 3.79. The number of ether oxygens (including phenoxy) is 1. The third kappa shape index (κ3) is 2.59. The topological polar surface area (TPSA) is 79.9 Å². The van der Waals surface area contributed by atoms with Gasteiger partial charge in [-0.05, 0) is 13.3 Å². The molecule has 0 saturated carbocycles. The second-order valence-electron chi connectivity index (χ2n) is 4.80. The van der Waals surface area contributed by atoms with Gasteiger partial charge in [-0.1, -0.05) is 0 Å². The predicted octanol–water partition coefficient (Wildman–Crippen LogP) is 1.61. The molecule has 1 amide bonds. The van der Waals surface area contributed by atoms with Crippen LogP contribution in [-0.2, 0) is 11.3 Å². The van der Waals surface area contributed by atoms with Crippen molar-refractivity contribution >= 4 is 17.2 Å². The van der Waals surface area contributed by atoms with Gasteiger partial charge in [0.05, 0.1) is 41.8 Å². The molecule has 2 aromatic heterocycles. The van der Waals surface area contributed by atoms with Crippen molar-refractivity contribution < 1.29 is 9.53 Å². The molecule has 2 N–H and O–H groups in total. The van der Waals surface area contributed by atoms with E-state index in [1.54, 1.807) is 23.0 Å². The zero-order valence-electron chi connectivity index (χ0n) is 11.2. The fourth-order valence-electron chi connectivity index (χ4n) is 2.30. The molecule has 106 valence electrons. The molecule has 0 bridgehead atoms. The molecule has 3 rings (SSSR count). The average Bonchev–Trinajstić information content (AvgIpc) is 3.17. The quantitative estimate of drug-likeness (QED) is 0.897. The summed E-state index contributed by atoms with van der Waals surface area (Å²) in [6.07, 6.45) is 2.51. The van der Waals surface area contributed by atoms with Crippen LogP contribution in [0.1, 0.15) is 39.0 Å². The molecule has 0 aliphatic carbocycles. The van der Waals surface area contributed by atoms with Gasteiger partial charge >= 0.3 is 0 Å². The molecule has 0 unspecified atom stereocenters. The van der Waals surface area contributed by atoms with Gasteiger partial charge in [0.2, 0.25) is 0 Å². The normalized spacial score (nSPS) is 18.4. The number of aromatic nitrogens is 3. The Hall–Kier alpha value is -1.73. The number of thiazole rings is 1. The molecule has 6 nitrogen and oxygen atoms in total. The van der Waals surface area contributed by atoms with Crippen molar-refractivity contribution in [3.63, 3.8) is 0 Å². The van der Waals surface area contributed by atoms with Crippen LogP contribution in [0.4, 0.5) is 0 Å². The molecule has 20 heavy (non-hydrogen) atoms. The van der Waals surface area contributed by atoms with E-state index in [1.807, 2.05) is 6.92 Å². The Balaban J connectivity index is 1.68. The van der Waals surface area contributed by atoms with E-state index in [2.05, 4.69) is 20.5 Å². The lowest BCUT2D eigenvalue weighted by molar-refractivity contribution is 0.0949. The first-order valence-corrected chi connectivity index (χ1v) is 7.42. The zero-order valence-corrected chi connectivity index (χ0v) is 12.0. The van der Waals surface area contributed by atoms with Gasteiger partial charge < -0.3 is 10.1 Å². The van der Waals surface area contributed by atoms with Crippen LogP contribution < -0.4 is 5.32 Å². The first-order chi connectivity index (χ1) is 9.75. The van der Waals surface area contributed by atoms with Crippen LogP contribution in [-0.4, -0.2) is 34.3 Å². The summed E-state index contributed by atoms with van der Waals surface area (Å²) in [5.41, 5.74) is 4.24. The van der Waals surface area contributed by atoms with Crippen LogP contribution in [0.3, 0.4) is 0 Å². The lowest BCUT2D eigenvalue weighted by atomic mass is 10.0. The molecule has 0 spiro atoms. The van der Waals surface area contributed by atoms with Crippen LogP contribution in [0.2, 0.25) is 0 Å². The number of aromatic amines is 1. The Morgan fingerprint density at radius 3 is 3.25 bits per heavy atom. The summed E-state index contributed by atoms with van der Waals surface area (Å²) in [6.45, 7) is 3.83. The molecule has 0 aromatic carbocycles. The molecule has 1 fully saturated rings. The van der Waals surface area contributed by atoms with E-state index in [0.717, 1.165) is 29.3 Å². The maximum atomic E-state index is 12.3. The number of hydrogen-bond donors (Lipinski definition) is 2. The van der Waals surface area contributed by atoms with Crippen molar-refractivity contribution in [2.75, 3.05) is 13.2 Å². The Morgan fingerprint density at radius 2 is 2.55 bits per heavy atom. The molecular formula is C13H16N4O2S. The third-order valence-electron chi connectivity index (χ3n) is 3.51. The summed E-state index contributed by atoms with van der Waals surface area (Å²) < 4.78 is 5.36. The second kappa shape index (κ2) is 5.72. The van der Waals surface area contributed by atoms with E-state index < -0.39 is 0 Å². The van der Waals surface area contributed by atoms with Gasteiger partial charge in [-0.25, -0.2) is 4.98 Å². The number of amides is 1. The van der Waals surface area contributed by atoms with Crippen LogP contribution in [0.5, 0.6) is 0 Å². The minimum Gasteiger partial charge on any atom is -0.381 e. The van der Waals surface area contributed by atoms with Crippen molar-refractivity contribution in [1.29, 1.82) is 0 Å². The first kappa shape index (κ1) is 13.3. The van der Waals surface area contributed by atoms with E-state index in [-0.39, 0.29) is 11.8 Å². The molecule has 3 heterocycles. The molecule has 1 saturated heterocycles. The van der Waals surface area contributed by atoms with Gasteiger partial charge in [0, 0.05) is 17.4 Å². The van der Waals surface area contributed by atoms with E-state index in [1.165, 1.54) is 0 Å². The minimum atomic E-state index is -0.103. The van der Waals surface area contributed by atoms with Crippen LogP contribution in [0.15, 0.2) is 11.7 Å². The lowest BCUT2D eigenvalue weighted by Gasteiger charge is -2.08. The summed E-state index contributed by atoms with van der Waals surface area (Å²) in [7, 11) is 0. The first-order valence-electron chi connectivity index (χ1n) is 6.54. The third-order valence-corrected chi connectivity index (χ3v) is 4.44. The number of carbonyl (C=O) groups is 1. The van der Waals surface area contributed by atoms with Gasteiger partial charge in [-0.2, -0.15) is 5.10 Å². The smallest absolute Gasteiger partial charge is 0.255 e. The monoisotopic (exact) mass is 292 g/mol. The number of H-pyrrole nitrogens is 1. The van der Waals surface area contributed by atoms with E-state index in [9.17, 15) is 4.79 Å². The number of nitrogens with zero attached hydrogens (tertiary/aromatic N) is 2. The standard InChI is InChI=1S/C13H16N4O2S/c1-8-11(20-7-15-8)5-14-13(18)10-4-16-17-12(10)9-2-3-19-6-9/h4,7,9H,2-3,5-6H2,1H3,(H,14,18)(H,16,17)/t9-/m0/s1. The van der Waals surface area contributed by atoms with Crippen molar-refractivity contribution in [2.45, 2.75) is 25.8 Å². The average molecular weight is 292 g/mol. The summed E-state index contributed by atoms with van der Waals surface area (Å²) in [6, 6.07) is 0. The minimum absolute atomic E-state index is 0.103. The van der Waals surface area contributed by atoms with Gasteiger partial charge in [0.1, 0.15) is 0 Å². The summed E-state index contributed by atoms with van der Waals surface area (Å²) in [4.78, 5) is 17.5. The Bertz CT molecular complexity index is 601. The van der Waals surface area contributed by atoms with Gasteiger partial charge in [-0.15, -0.1) is 11.3 Å². The van der Waals surface area contributed by atoms with Crippen LogP contribution in [0, 0.1) is 6.92 Å². The molecule has 2 aromatic rings. The summed E-state index contributed by atoms with van der Waals surface area (Å²) >= 11 is 1.55. The maximum absolute atomic E-state index is 12.3. The fraction of sp³-hybridized carbons (Fsp3) is 0.462. The van der Waals surface area contributed by atoms with E-state index in [4.69, 9.17) is 4.74 Å². The summed E-state index contributed by atoms with van der Waals surface area (Å²) in [5, 5.41) is 9.85. The zero-order chi connectivity index (χ0) is 13.9. The van der Waals surface area contributed by atoms with Crippen LogP contribution >= 0.6 is 11.3 Å². The Labute approximate surface area is 120 Å². The largest absolute Gasteiger partial charge is 0.381 e. The van der Waals surface area contributed by atoms with Crippen LogP contribution in [0.25, 0.3) is 0 Å². The highest BCUT2D eigenvalue weighted by Gasteiger charge is 2.25. The molecule has 0 radical (unpaired) electrons. The van der Waals surface area contributed by atoms with Crippen molar-refractivity contribution in [1.82, 2.24) is 20.5 Å².